The Bertz CT molecular complexity index is 3140. The molecular formula is C68H91N3O13S6. The van der Waals surface area contributed by atoms with E-state index >= 15 is 0 Å². The van der Waals surface area contributed by atoms with Crippen LogP contribution in [-0.4, -0.2) is 152 Å². The van der Waals surface area contributed by atoms with Gasteiger partial charge in [0.2, 0.25) is 11.7 Å². The van der Waals surface area contributed by atoms with Crippen LogP contribution in [0.15, 0.2) is 54.9 Å². The second-order valence-corrected chi connectivity index (χ2v) is 34.5. The maximum Gasteiger partial charge on any atom is 0.224 e. The van der Waals surface area contributed by atoms with Crippen LogP contribution in [0.4, 0.5) is 0 Å². The minimum Gasteiger partial charge on any atom is -0.504 e. The number of aliphatic hydroxyl groups is 5. The molecule has 13 bridgehead atoms. The van der Waals surface area contributed by atoms with E-state index in [2.05, 4.69) is 29.4 Å². The number of aromatic nitrogens is 1. The number of fused-ring (bicyclic) bond motifs is 7. The molecule has 492 valence electrons. The van der Waals surface area contributed by atoms with Crippen molar-refractivity contribution >= 4 is 81.4 Å². The van der Waals surface area contributed by atoms with E-state index < -0.39 is 48.5 Å². The van der Waals surface area contributed by atoms with Crippen LogP contribution in [0, 0.1) is 70.5 Å². The van der Waals surface area contributed by atoms with Gasteiger partial charge in [0, 0.05) is 100 Å². The third-order valence-corrected chi connectivity index (χ3v) is 29.1. The lowest BCUT2D eigenvalue weighted by Crippen LogP contribution is -2.55. The number of hydrogen-bond acceptors (Lipinski definition) is 20. The summed E-state index contributed by atoms with van der Waals surface area (Å²) in [6.07, 6.45) is 7.96. The molecule has 4 aromatic rings. The number of aromatic hydroxyl groups is 2. The van der Waals surface area contributed by atoms with Crippen LogP contribution in [0.3, 0.4) is 0 Å². The van der Waals surface area contributed by atoms with E-state index in [-0.39, 0.29) is 120 Å². The molecule has 2 aliphatic carbocycles. The molecule has 2 saturated carbocycles. The second kappa shape index (κ2) is 30.4. The van der Waals surface area contributed by atoms with Gasteiger partial charge in [0.15, 0.2) is 23.0 Å². The van der Waals surface area contributed by atoms with Crippen molar-refractivity contribution in [3.8, 4) is 40.6 Å². The minimum absolute atomic E-state index is 0.000799. The molecule has 1 aromatic heterocycles. The molecular weight excluding hydrogens is 1260 g/mol. The molecule has 3 aromatic carbocycles. The van der Waals surface area contributed by atoms with Crippen molar-refractivity contribution in [2.75, 3.05) is 62.9 Å². The molecule has 1 amide bonds. The molecule has 2 saturated heterocycles. The third-order valence-electron chi connectivity index (χ3n) is 21.3. The highest BCUT2D eigenvalue weighted by Gasteiger charge is 2.57. The molecule has 9 aliphatic rings. The summed E-state index contributed by atoms with van der Waals surface area (Å²) < 4.78 is 32.8. The summed E-state index contributed by atoms with van der Waals surface area (Å²) in [6, 6.07) is 13.1. The van der Waals surface area contributed by atoms with Crippen molar-refractivity contribution in [2.45, 2.75) is 158 Å². The Hall–Kier alpha value is -2.99. The maximum absolute atomic E-state index is 14.2. The maximum atomic E-state index is 14.2. The zero-order valence-electron chi connectivity index (χ0n) is 51.8. The van der Waals surface area contributed by atoms with Gasteiger partial charge in [-0.05, 0) is 171 Å². The van der Waals surface area contributed by atoms with Crippen LogP contribution >= 0.6 is 64.8 Å². The number of aliphatic hydroxyl groups excluding tert-OH is 5. The molecule has 0 radical (unpaired) electrons. The summed E-state index contributed by atoms with van der Waals surface area (Å²) >= 11 is 0. The number of nitrogens with one attached hydrogen (secondary N) is 2. The van der Waals surface area contributed by atoms with Crippen LogP contribution < -0.4 is 24.8 Å². The number of carbonyl (C=O) groups excluding carboxylic acids is 1. The Morgan fingerprint density at radius 2 is 1.61 bits per heavy atom. The molecule has 7 aliphatic heterocycles. The fourth-order valence-electron chi connectivity index (χ4n) is 17.0. The van der Waals surface area contributed by atoms with Gasteiger partial charge in [-0.15, -0.1) is 0 Å². The number of benzene rings is 3. The summed E-state index contributed by atoms with van der Waals surface area (Å²) in [6.45, 7) is 3.39. The highest BCUT2D eigenvalue weighted by molar-refractivity contribution is 8.77. The average Bonchev–Trinajstić information content (AvgIpc) is 0.878. The van der Waals surface area contributed by atoms with Crippen molar-refractivity contribution in [3.05, 3.63) is 77.1 Å². The molecule has 8 heterocycles. The number of methoxy groups -OCH3 is 2. The topological polar surface area (TPSA) is 234 Å². The molecule has 9 N–H and O–H groups in total. The summed E-state index contributed by atoms with van der Waals surface area (Å²) in [4.78, 5) is 14.2. The number of phenolic OH excluding ortho intramolecular Hbond substituents is 2. The highest BCUT2D eigenvalue weighted by Crippen LogP contribution is 2.61. The Balaban J connectivity index is 0.945. The van der Waals surface area contributed by atoms with E-state index in [1.54, 1.807) is 22.9 Å². The number of hydrogen-bond donors (Lipinski definition) is 9. The van der Waals surface area contributed by atoms with Gasteiger partial charge in [-0.2, -0.15) is 0 Å². The minimum atomic E-state index is -1.09. The molecule has 19 unspecified atom stereocenters. The van der Waals surface area contributed by atoms with Gasteiger partial charge in [-0.1, -0.05) is 102 Å². The molecule has 22 heteroatoms. The van der Waals surface area contributed by atoms with Crippen molar-refractivity contribution in [3.63, 3.8) is 0 Å². The van der Waals surface area contributed by atoms with Crippen molar-refractivity contribution in [1.29, 1.82) is 0 Å². The lowest BCUT2D eigenvalue weighted by atomic mass is 9.48. The van der Waals surface area contributed by atoms with Gasteiger partial charge < -0.3 is 74.6 Å². The lowest BCUT2D eigenvalue weighted by Gasteiger charge is -2.56. The quantitative estimate of drug-likeness (QED) is 0.0496. The third kappa shape index (κ3) is 14.8. The van der Waals surface area contributed by atoms with Crippen molar-refractivity contribution in [1.82, 2.24) is 15.2 Å². The van der Waals surface area contributed by atoms with Crippen LogP contribution in [0.25, 0.3) is 10.8 Å². The van der Waals surface area contributed by atoms with Gasteiger partial charge in [-0.3, -0.25) is 4.79 Å². The normalized spacial score (nSPS) is 36.5. The number of phenols is 2. The first-order chi connectivity index (χ1) is 43.7. The van der Waals surface area contributed by atoms with Crippen molar-refractivity contribution in [2.24, 2.45) is 58.7 Å². The fourth-order valence-corrected chi connectivity index (χ4v) is 25.2. The van der Waals surface area contributed by atoms with Crippen LogP contribution in [0.2, 0.25) is 0 Å². The largest absolute Gasteiger partial charge is 0.504 e. The monoisotopic (exact) mass is 1350 g/mol. The van der Waals surface area contributed by atoms with Crippen LogP contribution in [0.5, 0.6) is 28.7 Å². The van der Waals surface area contributed by atoms with Gasteiger partial charge in [-0.25, -0.2) is 0 Å². The molecule has 16 nitrogen and oxygen atoms in total. The number of carbonyl (C=O) groups is 1. The zero-order chi connectivity index (χ0) is 62.6. The van der Waals surface area contributed by atoms with E-state index in [9.17, 15) is 40.5 Å². The summed E-state index contributed by atoms with van der Waals surface area (Å²) in [5.74, 6) is 12.9. The molecule has 4 fully saturated rings. The predicted molar refractivity (Wildman–Crippen MR) is 363 cm³/mol. The van der Waals surface area contributed by atoms with Gasteiger partial charge >= 0.3 is 0 Å². The van der Waals surface area contributed by atoms with E-state index in [0.29, 0.717) is 67.6 Å². The smallest absolute Gasteiger partial charge is 0.224 e. The summed E-state index contributed by atoms with van der Waals surface area (Å²) in [7, 11) is 13.5. The number of nitrogens with zero attached hydrogens (tertiary/aromatic N) is 1. The molecule has 19 atom stereocenters. The van der Waals surface area contributed by atoms with Gasteiger partial charge in [0.05, 0.1) is 56.8 Å². The number of rotatable bonds is 6. The van der Waals surface area contributed by atoms with E-state index in [4.69, 9.17) is 23.7 Å². The standard InChI is InChI=1S/C68H91N3O13S6/c1-38-18-43-32-86-85-31-39-15-16-68(27-38)52(43)13-14-56(73)65-51-33-87-88-34-55(69-28-39)47-12-11-45(23-53(47)68)84-61-22-41-9-10-44(83-37-72)24-57(74)49(19-40-20-62(80-2)66(78)63(21-40)81-3)60(77)35-89-90-64(48(41)25-59(61)76)26-58(75)46-7-4-6-42-29-71(30-50(42)46)36-82-17-5-8-54(65)70-67(51)79/h4,6-7,20-22,25,29-30,38-39,43-45,47,49,51-58,60,64-65,69,72-78H,5,8-14,17-19,23-24,26-28,31-37H2,1-3H3,(H,70,79). The first-order valence-corrected chi connectivity index (χ1v) is 40.0. The first kappa shape index (κ1) is 67.0. The SMILES string of the molecule is COc1cc(CC2C(O)CSSC3CC(O)c4cccc5cn(cc45)COCCCC4NC(=O)C5CSSCC6NCC7C#CC8(CC(C)CC(CSSC7)C8CCC(O)C45)C4CC(CCC64)Oc4cc(c3cc4O)CCC(OCO)CC2O)cc(OC)c1O. The van der Waals surface area contributed by atoms with Crippen LogP contribution in [-0.2, 0) is 33.8 Å². The number of amides is 1. The molecule has 1 spiro atoms. The number of aryl methyl sites for hydroxylation is 1. The Morgan fingerprint density at radius 1 is 0.800 bits per heavy atom. The number of ether oxygens (including phenoxy) is 5. The average molecular weight is 1350 g/mol. The Kier molecular flexibility index (Phi) is 22.6. The Labute approximate surface area is 553 Å². The fraction of sp³-hybridized carbons (Fsp3) is 0.662. The molecule has 90 heavy (non-hydrogen) atoms. The highest BCUT2D eigenvalue weighted by atomic mass is 33.1. The predicted octanol–water partition coefficient (Wildman–Crippen LogP) is 10.7. The zero-order valence-corrected chi connectivity index (χ0v) is 56.7. The molecule has 13 rings (SSSR count). The van der Waals surface area contributed by atoms with E-state index in [0.717, 1.165) is 89.8 Å². The summed E-state index contributed by atoms with van der Waals surface area (Å²) in [5.41, 5.74) is 2.74. The van der Waals surface area contributed by atoms with E-state index in [1.807, 2.05) is 79.7 Å². The first-order valence-electron chi connectivity index (χ1n) is 32.6. The van der Waals surface area contributed by atoms with E-state index in [1.165, 1.54) is 35.8 Å². The van der Waals surface area contributed by atoms with Crippen LogP contribution in [0.1, 0.15) is 118 Å². The lowest BCUT2D eigenvalue weighted by molar-refractivity contribution is -0.123. The van der Waals surface area contributed by atoms with Gasteiger partial charge in [0.1, 0.15) is 13.5 Å². The second-order valence-electron chi connectivity index (χ2n) is 26.8. The summed E-state index contributed by atoms with van der Waals surface area (Å²) in [5, 5.41) is 92.7. The van der Waals surface area contributed by atoms with Gasteiger partial charge in [0.25, 0.3) is 0 Å². The Morgan fingerprint density at radius 3 is 2.43 bits per heavy atom. The van der Waals surface area contributed by atoms with Crippen molar-refractivity contribution < 1.29 is 64.2 Å².